The molecule has 5 unspecified atom stereocenters. The van der Waals surface area contributed by atoms with Crippen molar-refractivity contribution < 1.29 is 9.84 Å². The summed E-state index contributed by atoms with van der Waals surface area (Å²) in [6, 6.07) is 8.07. The van der Waals surface area contributed by atoms with Gasteiger partial charge in [-0.05, 0) is 37.8 Å². The van der Waals surface area contributed by atoms with E-state index in [2.05, 4.69) is 42.8 Å². The molecule has 2 rings (SSSR count). The van der Waals surface area contributed by atoms with Gasteiger partial charge < -0.3 is 9.84 Å². The average Bonchev–Trinajstić information content (AvgIpc) is 2.56. The maximum Gasteiger partial charge on any atom is 0.0637 e. The molecular formula is C15H21BrO2. The lowest BCUT2D eigenvalue weighted by atomic mass is 9.83. The fourth-order valence-corrected chi connectivity index (χ4v) is 3.43. The molecule has 18 heavy (non-hydrogen) atoms. The molecule has 1 fully saturated rings. The van der Waals surface area contributed by atoms with E-state index in [-0.39, 0.29) is 24.2 Å². The molecule has 0 radical (unpaired) electrons. The summed E-state index contributed by atoms with van der Waals surface area (Å²) in [5, 5.41) is 10.5. The van der Waals surface area contributed by atoms with Crippen LogP contribution in [0.25, 0.3) is 0 Å². The summed E-state index contributed by atoms with van der Waals surface area (Å²) >= 11 is 3.53. The molecule has 1 saturated heterocycles. The van der Waals surface area contributed by atoms with E-state index in [4.69, 9.17) is 4.74 Å². The molecule has 0 spiro atoms. The molecule has 100 valence electrons. The number of ether oxygens (including phenoxy) is 1. The maximum atomic E-state index is 10.5. The van der Waals surface area contributed by atoms with E-state index in [0.29, 0.717) is 12.3 Å². The predicted octanol–water partition coefficient (Wildman–Crippen LogP) is 3.41. The molecule has 0 bridgehead atoms. The zero-order chi connectivity index (χ0) is 13.3. The molecule has 1 aromatic rings. The van der Waals surface area contributed by atoms with Crippen LogP contribution in [-0.4, -0.2) is 23.4 Å². The van der Waals surface area contributed by atoms with E-state index >= 15 is 0 Å². The second-order valence-electron chi connectivity index (χ2n) is 5.35. The summed E-state index contributed by atoms with van der Waals surface area (Å²) in [4.78, 5) is 0. The van der Waals surface area contributed by atoms with Crippen LogP contribution < -0.4 is 0 Å². The molecule has 1 N–H and O–H groups in total. The minimum Gasteiger partial charge on any atom is -0.392 e. The summed E-state index contributed by atoms with van der Waals surface area (Å²) in [5.41, 5.74) is 1.16. The summed E-state index contributed by atoms with van der Waals surface area (Å²) in [6.07, 6.45) is 0.696. The van der Waals surface area contributed by atoms with Gasteiger partial charge in [0.25, 0.3) is 0 Å². The first-order chi connectivity index (χ1) is 8.50. The lowest BCUT2D eigenvalue weighted by Gasteiger charge is -2.25. The van der Waals surface area contributed by atoms with Gasteiger partial charge in [-0.2, -0.15) is 0 Å². The fraction of sp³-hybridized carbons (Fsp3) is 0.600. The quantitative estimate of drug-likeness (QED) is 0.926. The average molecular weight is 313 g/mol. The summed E-state index contributed by atoms with van der Waals surface area (Å²) in [6.45, 7) is 6.32. The number of aliphatic hydroxyl groups is 1. The molecule has 0 aliphatic carbocycles. The summed E-state index contributed by atoms with van der Waals surface area (Å²) in [5.74, 6) is 0.615. The van der Waals surface area contributed by atoms with Crippen molar-refractivity contribution in [2.24, 2.45) is 11.8 Å². The van der Waals surface area contributed by atoms with Gasteiger partial charge in [-0.3, -0.25) is 0 Å². The molecule has 2 nitrogen and oxygen atoms in total. The van der Waals surface area contributed by atoms with Crippen LogP contribution in [0.15, 0.2) is 28.7 Å². The first-order valence-electron chi connectivity index (χ1n) is 6.57. The Kier molecular flexibility index (Phi) is 4.46. The molecule has 1 aromatic carbocycles. The SMILES string of the molecule is CC1OC(C)C(C(O)Cc2ccccc2Br)C1C. The third kappa shape index (κ3) is 2.79. The number of halogens is 1. The number of rotatable bonds is 3. The number of benzene rings is 1. The highest BCUT2D eigenvalue weighted by atomic mass is 79.9. The zero-order valence-electron chi connectivity index (χ0n) is 11.1. The largest absolute Gasteiger partial charge is 0.392 e. The molecule has 0 aromatic heterocycles. The van der Waals surface area contributed by atoms with Gasteiger partial charge in [0.1, 0.15) is 0 Å². The van der Waals surface area contributed by atoms with E-state index in [0.717, 1.165) is 10.0 Å². The highest BCUT2D eigenvalue weighted by molar-refractivity contribution is 9.10. The number of aliphatic hydroxyl groups excluding tert-OH is 1. The first kappa shape index (κ1) is 14.0. The minimum absolute atomic E-state index is 0.132. The molecule has 0 saturated carbocycles. The van der Waals surface area contributed by atoms with Crippen molar-refractivity contribution in [3.8, 4) is 0 Å². The van der Waals surface area contributed by atoms with E-state index in [9.17, 15) is 5.11 Å². The van der Waals surface area contributed by atoms with Gasteiger partial charge in [-0.25, -0.2) is 0 Å². The fourth-order valence-electron chi connectivity index (χ4n) is 2.98. The normalized spacial score (nSPS) is 33.6. The standard InChI is InChI=1S/C15H21BrO2/c1-9-10(2)18-11(3)15(9)14(17)8-12-6-4-5-7-13(12)16/h4-7,9-11,14-15,17H,8H2,1-3H3. The third-order valence-electron chi connectivity index (χ3n) is 4.15. The molecule has 1 aliphatic rings. The first-order valence-corrected chi connectivity index (χ1v) is 7.37. The lowest BCUT2D eigenvalue weighted by Crippen LogP contribution is -2.32. The van der Waals surface area contributed by atoms with Crippen molar-refractivity contribution in [2.45, 2.75) is 45.5 Å². The monoisotopic (exact) mass is 312 g/mol. The van der Waals surface area contributed by atoms with Crippen LogP contribution in [0, 0.1) is 11.8 Å². The Labute approximate surface area is 117 Å². The van der Waals surface area contributed by atoms with Crippen LogP contribution in [0.4, 0.5) is 0 Å². The molecule has 1 heterocycles. The molecule has 1 aliphatic heterocycles. The van der Waals surface area contributed by atoms with Crippen LogP contribution >= 0.6 is 15.9 Å². The van der Waals surface area contributed by atoms with Crippen molar-refractivity contribution in [3.05, 3.63) is 34.3 Å². The Morgan fingerprint density at radius 3 is 2.44 bits per heavy atom. The van der Waals surface area contributed by atoms with Crippen molar-refractivity contribution >= 4 is 15.9 Å². The van der Waals surface area contributed by atoms with Gasteiger partial charge in [0.2, 0.25) is 0 Å². The number of hydrogen-bond acceptors (Lipinski definition) is 2. The van der Waals surface area contributed by atoms with Crippen LogP contribution in [0.5, 0.6) is 0 Å². The topological polar surface area (TPSA) is 29.5 Å². The molecular weight excluding hydrogens is 292 g/mol. The van der Waals surface area contributed by atoms with Gasteiger partial charge >= 0.3 is 0 Å². The van der Waals surface area contributed by atoms with Crippen LogP contribution in [-0.2, 0) is 11.2 Å². The van der Waals surface area contributed by atoms with Crippen molar-refractivity contribution in [3.63, 3.8) is 0 Å². The van der Waals surface area contributed by atoms with E-state index in [1.54, 1.807) is 0 Å². The predicted molar refractivity (Wildman–Crippen MR) is 76.5 cm³/mol. The van der Waals surface area contributed by atoms with Crippen LogP contribution in [0.2, 0.25) is 0 Å². The van der Waals surface area contributed by atoms with Gasteiger partial charge in [-0.15, -0.1) is 0 Å². The van der Waals surface area contributed by atoms with E-state index < -0.39 is 0 Å². The van der Waals surface area contributed by atoms with E-state index in [1.807, 2.05) is 18.2 Å². The molecule has 5 atom stereocenters. The van der Waals surface area contributed by atoms with Crippen molar-refractivity contribution in [1.29, 1.82) is 0 Å². The third-order valence-corrected chi connectivity index (χ3v) is 4.92. The van der Waals surface area contributed by atoms with Crippen LogP contribution in [0.1, 0.15) is 26.3 Å². The van der Waals surface area contributed by atoms with E-state index in [1.165, 1.54) is 0 Å². The second-order valence-corrected chi connectivity index (χ2v) is 6.20. The smallest absolute Gasteiger partial charge is 0.0637 e. The maximum absolute atomic E-state index is 10.5. The van der Waals surface area contributed by atoms with Gasteiger partial charge in [-0.1, -0.05) is 41.1 Å². The minimum atomic E-state index is -0.348. The lowest BCUT2D eigenvalue weighted by molar-refractivity contribution is 0.0239. The molecule has 3 heteroatoms. The Morgan fingerprint density at radius 1 is 1.22 bits per heavy atom. The number of hydrogen-bond donors (Lipinski definition) is 1. The zero-order valence-corrected chi connectivity index (χ0v) is 12.7. The van der Waals surface area contributed by atoms with Crippen LogP contribution in [0.3, 0.4) is 0 Å². The Hall–Kier alpha value is -0.380. The van der Waals surface area contributed by atoms with Crippen molar-refractivity contribution in [1.82, 2.24) is 0 Å². The Morgan fingerprint density at radius 2 is 1.89 bits per heavy atom. The highest BCUT2D eigenvalue weighted by Crippen LogP contribution is 2.36. The summed E-state index contributed by atoms with van der Waals surface area (Å²) in [7, 11) is 0. The summed E-state index contributed by atoms with van der Waals surface area (Å²) < 4.78 is 6.87. The van der Waals surface area contributed by atoms with Gasteiger partial charge in [0.05, 0.1) is 18.3 Å². The molecule has 0 amide bonds. The highest BCUT2D eigenvalue weighted by Gasteiger charge is 2.41. The Bertz CT molecular complexity index is 407. The van der Waals surface area contributed by atoms with Crippen molar-refractivity contribution in [2.75, 3.05) is 0 Å². The van der Waals surface area contributed by atoms with Gasteiger partial charge in [0, 0.05) is 10.4 Å². The second kappa shape index (κ2) is 5.72. The Balaban J connectivity index is 2.08. The van der Waals surface area contributed by atoms with Gasteiger partial charge in [0.15, 0.2) is 0 Å².